The highest BCUT2D eigenvalue weighted by Crippen LogP contribution is 2.26. The highest BCUT2D eigenvalue weighted by molar-refractivity contribution is 7.89. The van der Waals surface area contributed by atoms with E-state index >= 15 is 0 Å². The fourth-order valence-corrected chi connectivity index (χ4v) is 4.64. The van der Waals surface area contributed by atoms with Crippen LogP contribution in [-0.2, 0) is 19.6 Å². The lowest BCUT2D eigenvalue weighted by Gasteiger charge is -2.43. The zero-order valence-electron chi connectivity index (χ0n) is 14.0. The minimum atomic E-state index is -3.21. The number of carbonyl (C=O) groups excluding carboxylic acids is 1. The zero-order valence-corrected chi connectivity index (χ0v) is 14.9. The lowest BCUT2D eigenvalue weighted by atomic mass is 9.96. The molecule has 0 aromatic heterocycles. The summed E-state index contributed by atoms with van der Waals surface area (Å²) in [5.74, 6) is -0.0642. The Hall–Kier alpha value is -0.660. The van der Waals surface area contributed by atoms with Gasteiger partial charge in [0.2, 0.25) is 15.9 Å². The molecule has 2 saturated heterocycles. The number of nitrogens with zero attached hydrogens (tertiary/aromatic N) is 2. The third-order valence-corrected chi connectivity index (χ3v) is 6.22. The first-order chi connectivity index (χ1) is 10.1. The molecule has 0 spiro atoms. The van der Waals surface area contributed by atoms with Gasteiger partial charge < -0.3 is 9.64 Å². The van der Waals surface area contributed by atoms with Crippen molar-refractivity contribution in [2.45, 2.75) is 52.2 Å². The average Bonchev–Trinajstić information content (AvgIpc) is 2.44. The van der Waals surface area contributed by atoms with Crippen LogP contribution in [0, 0.1) is 5.92 Å². The molecule has 2 rings (SSSR count). The molecule has 0 saturated carbocycles. The van der Waals surface area contributed by atoms with Gasteiger partial charge >= 0.3 is 0 Å². The second-order valence-electron chi connectivity index (χ2n) is 7.00. The van der Waals surface area contributed by atoms with Crippen LogP contribution in [0.15, 0.2) is 0 Å². The lowest BCUT2D eigenvalue weighted by Crippen LogP contribution is -2.56. The first kappa shape index (κ1) is 17.7. The number of sulfonamides is 1. The molecule has 0 N–H and O–H groups in total. The van der Waals surface area contributed by atoms with Crippen LogP contribution in [0.2, 0.25) is 0 Å². The summed E-state index contributed by atoms with van der Waals surface area (Å²) in [4.78, 5) is 14.6. The van der Waals surface area contributed by atoms with Gasteiger partial charge in [-0.1, -0.05) is 0 Å². The molecule has 0 aliphatic carbocycles. The van der Waals surface area contributed by atoms with E-state index in [-0.39, 0.29) is 29.3 Å². The lowest BCUT2D eigenvalue weighted by molar-refractivity contribution is -0.162. The Kier molecular flexibility index (Phi) is 5.19. The second kappa shape index (κ2) is 6.45. The molecule has 6 nitrogen and oxygen atoms in total. The van der Waals surface area contributed by atoms with Gasteiger partial charge in [-0.15, -0.1) is 0 Å². The average molecular weight is 332 g/mol. The van der Waals surface area contributed by atoms with Crippen molar-refractivity contribution >= 4 is 15.9 Å². The van der Waals surface area contributed by atoms with E-state index in [1.807, 2.05) is 25.7 Å². The van der Waals surface area contributed by atoms with Crippen molar-refractivity contribution in [3.8, 4) is 0 Å². The summed E-state index contributed by atoms with van der Waals surface area (Å²) in [6.45, 7) is 9.58. The highest BCUT2D eigenvalue weighted by Gasteiger charge is 2.38. The van der Waals surface area contributed by atoms with Crippen molar-refractivity contribution in [1.82, 2.24) is 9.21 Å². The van der Waals surface area contributed by atoms with E-state index in [4.69, 9.17) is 4.74 Å². The van der Waals surface area contributed by atoms with Crippen molar-refractivity contribution in [3.05, 3.63) is 0 Å². The van der Waals surface area contributed by atoms with Crippen LogP contribution in [0.4, 0.5) is 0 Å². The molecule has 0 aromatic carbocycles. The molecule has 2 aliphatic heterocycles. The molecular formula is C15H28N2O4S. The summed E-state index contributed by atoms with van der Waals surface area (Å²) in [7, 11) is -3.21. The van der Waals surface area contributed by atoms with Crippen molar-refractivity contribution in [2.75, 3.05) is 31.9 Å². The molecule has 0 radical (unpaired) electrons. The summed E-state index contributed by atoms with van der Waals surface area (Å²) in [6, 6.07) is 0. The van der Waals surface area contributed by atoms with Gasteiger partial charge in [-0.3, -0.25) is 4.79 Å². The van der Waals surface area contributed by atoms with E-state index in [2.05, 4.69) is 0 Å². The van der Waals surface area contributed by atoms with Gasteiger partial charge in [0.05, 0.1) is 23.4 Å². The number of rotatable bonds is 3. The van der Waals surface area contributed by atoms with Gasteiger partial charge in [-0.2, -0.15) is 0 Å². The minimum absolute atomic E-state index is 0.00627. The molecule has 0 aromatic rings. The summed E-state index contributed by atoms with van der Waals surface area (Å²) < 4.78 is 31.4. The maximum Gasteiger partial charge on any atom is 0.227 e. The Balaban J connectivity index is 2.06. The van der Waals surface area contributed by atoms with E-state index < -0.39 is 10.0 Å². The highest BCUT2D eigenvalue weighted by atomic mass is 32.2. The van der Waals surface area contributed by atoms with Crippen LogP contribution < -0.4 is 0 Å². The normalized spacial score (nSPS) is 30.3. The molecular weight excluding hydrogens is 304 g/mol. The molecule has 2 heterocycles. The Morgan fingerprint density at radius 1 is 1.32 bits per heavy atom. The number of ether oxygens (including phenoxy) is 1. The van der Waals surface area contributed by atoms with E-state index in [1.54, 1.807) is 6.92 Å². The summed E-state index contributed by atoms with van der Waals surface area (Å²) >= 11 is 0. The molecule has 128 valence electrons. The summed E-state index contributed by atoms with van der Waals surface area (Å²) in [5.41, 5.74) is -0.350. The maximum atomic E-state index is 12.8. The van der Waals surface area contributed by atoms with E-state index in [0.29, 0.717) is 26.2 Å². The van der Waals surface area contributed by atoms with Crippen molar-refractivity contribution < 1.29 is 17.9 Å². The van der Waals surface area contributed by atoms with E-state index in [1.165, 1.54) is 4.31 Å². The third kappa shape index (κ3) is 4.00. The number of hydrogen-bond acceptors (Lipinski definition) is 4. The predicted molar refractivity (Wildman–Crippen MR) is 85.0 cm³/mol. The number of piperidine rings is 1. The van der Waals surface area contributed by atoms with E-state index in [0.717, 1.165) is 12.8 Å². The van der Waals surface area contributed by atoms with Crippen molar-refractivity contribution in [1.29, 1.82) is 0 Å². The summed E-state index contributed by atoms with van der Waals surface area (Å²) in [6.07, 6.45) is 1.52. The van der Waals surface area contributed by atoms with Gasteiger partial charge in [-0.25, -0.2) is 12.7 Å². The number of carbonyl (C=O) groups is 1. The zero-order chi connectivity index (χ0) is 16.5. The van der Waals surface area contributed by atoms with Crippen molar-refractivity contribution in [2.24, 2.45) is 5.92 Å². The quantitative estimate of drug-likeness (QED) is 0.775. The molecule has 0 bridgehead atoms. The first-order valence-corrected chi connectivity index (χ1v) is 9.70. The number of morpholine rings is 1. The van der Waals surface area contributed by atoms with E-state index in [9.17, 15) is 13.2 Å². The van der Waals surface area contributed by atoms with Gasteiger partial charge in [0.15, 0.2) is 0 Å². The Morgan fingerprint density at radius 2 is 2.00 bits per heavy atom. The van der Waals surface area contributed by atoms with Gasteiger partial charge in [-0.05, 0) is 40.5 Å². The first-order valence-electron chi connectivity index (χ1n) is 8.09. The number of hydrogen-bond donors (Lipinski definition) is 0. The standard InChI is InChI=1S/C15H28N2O4S/c1-5-22(19,20)17-8-6-7-13(10-17)14(18)16-9-12(2)21-15(3,4)11-16/h12-13H,5-11H2,1-4H3. The fourth-order valence-electron chi connectivity index (χ4n) is 3.46. The van der Waals surface area contributed by atoms with Crippen LogP contribution in [0.3, 0.4) is 0 Å². The molecule has 2 unspecified atom stereocenters. The van der Waals surface area contributed by atoms with Gasteiger partial charge in [0.1, 0.15) is 0 Å². The Labute approximate surface area is 133 Å². The monoisotopic (exact) mass is 332 g/mol. The van der Waals surface area contributed by atoms with Crippen LogP contribution >= 0.6 is 0 Å². The predicted octanol–water partition coefficient (Wildman–Crippen LogP) is 1.07. The van der Waals surface area contributed by atoms with Crippen molar-refractivity contribution in [3.63, 3.8) is 0 Å². The molecule has 2 fully saturated rings. The topological polar surface area (TPSA) is 66.9 Å². The Bertz CT molecular complexity index is 518. The van der Waals surface area contributed by atoms with Gasteiger partial charge in [0, 0.05) is 26.2 Å². The van der Waals surface area contributed by atoms with Gasteiger partial charge in [0.25, 0.3) is 0 Å². The largest absolute Gasteiger partial charge is 0.369 e. The maximum absolute atomic E-state index is 12.8. The summed E-state index contributed by atoms with van der Waals surface area (Å²) in [5, 5.41) is 0. The number of amides is 1. The second-order valence-corrected chi connectivity index (χ2v) is 9.26. The minimum Gasteiger partial charge on any atom is -0.369 e. The molecule has 2 aliphatic rings. The smallest absolute Gasteiger partial charge is 0.227 e. The molecule has 2 atom stereocenters. The Morgan fingerprint density at radius 3 is 2.59 bits per heavy atom. The molecule has 22 heavy (non-hydrogen) atoms. The fraction of sp³-hybridized carbons (Fsp3) is 0.933. The molecule has 1 amide bonds. The van der Waals surface area contributed by atoms with Crippen LogP contribution in [0.5, 0.6) is 0 Å². The van der Waals surface area contributed by atoms with Crippen LogP contribution in [0.25, 0.3) is 0 Å². The van der Waals surface area contributed by atoms with Crippen LogP contribution in [0.1, 0.15) is 40.5 Å². The van der Waals surface area contributed by atoms with Crippen LogP contribution in [-0.4, -0.2) is 67.2 Å². The SMILES string of the molecule is CCS(=O)(=O)N1CCCC(C(=O)N2CC(C)OC(C)(C)C2)C1. The molecule has 7 heteroatoms. The third-order valence-electron chi connectivity index (χ3n) is 4.37.